The van der Waals surface area contributed by atoms with E-state index in [0.717, 1.165) is 17.9 Å². The molecule has 0 aliphatic rings. The van der Waals surface area contributed by atoms with Crippen LogP contribution in [0, 0.1) is 0 Å². The molecular formula is C13H21N3O2. The van der Waals surface area contributed by atoms with Crippen molar-refractivity contribution in [1.82, 2.24) is 0 Å². The minimum absolute atomic E-state index is 0.174. The quantitative estimate of drug-likeness (QED) is 0.717. The number of carbonyl (C=O) groups excluding carboxylic acids is 1. The van der Waals surface area contributed by atoms with Crippen molar-refractivity contribution in [2.24, 2.45) is 5.73 Å². The van der Waals surface area contributed by atoms with Gasteiger partial charge in [-0.05, 0) is 19.4 Å². The highest BCUT2D eigenvalue weighted by molar-refractivity contribution is 5.80. The second kappa shape index (κ2) is 6.74. The average molecular weight is 251 g/mol. The smallest absolute Gasteiger partial charge is 0.236 e. The lowest BCUT2D eigenvalue weighted by atomic mass is 10.2. The van der Waals surface area contributed by atoms with E-state index in [1.807, 2.05) is 30.9 Å². The minimum Gasteiger partial charge on any atom is -0.493 e. The maximum atomic E-state index is 11.0. The van der Waals surface area contributed by atoms with Crippen LogP contribution >= 0.6 is 0 Å². The number of ether oxygens (including phenoxy) is 1. The van der Waals surface area contributed by atoms with Gasteiger partial charge in [0.25, 0.3) is 0 Å². The maximum Gasteiger partial charge on any atom is 0.236 e. The zero-order valence-corrected chi connectivity index (χ0v) is 11.0. The fraction of sp³-hybridized carbons (Fsp3) is 0.462. The lowest BCUT2D eigenvalue weighted by molar-refractivity contribution is -0.116. The van der Waals surface area contributed by atoms with Crippen LogP contribution in [0.15, 0.2) is 18.2 Å². The van der Waals surface area contributed by atoms with E-state index < -0.39 is 0 Å². The summed E-state index contributed by atoms with van der Waals surface area (Å²) in [4.78, 5) is 12.9. The lowest BCUT2D eigenvalue weighted by Crippen LogP contribution is -2.33. The van der Waals surface area contributed by atoms with Crippen LogP contribution in [0.4, 0.5) is 11.4 Å². The average Bonchev–Trinajstić information content (AvgIpc) is 2.32. The van der Waals surface area contributed by atoms with E-state index >= 15 is 0 Å². The van der Waals surface area contributed by atoms with Crippen LogP contribution in [0.2, 0.25) is 0 Å². The lowest BCUT2D eigenvalue weighted by Gasteiger charge is -2.22. The van der Waals surface area contributed by atoms with Crippen LogP contribution in [-0.2, 0) is 4.79 Å². The highest BCUT2D eigenvalue weighted by atomic mass is 16.5. The third-order valence-corrected chi connectivity index (χ3v) is 2.48. The fourth-order valence-corrected chi connectivity index (χ4v) is 1.67. The SMILES string of the molecule is CCCOc1cc(N)cc(N(CC)CC(N)=O)c1. The number of primary amides is 1. The van der Waals surface area contributed by atoms with E-state index in [4.69, 9.17) is 16.2 Å². The Morgan fingerprint density at radius 2 is 2.06 bits per heavy atom. The molecule has 1 rings (SSSR count). The second-order valence-electron chi connectivity index (χ2n) is 4.09. The number of amides is 1. The number of hydrogen-bond acceptors (Lipinski definition) is 4. The molecule has 0 saturated carbocycles. The number of nitrogens with two attached hydrogens (primary N) is 2. The van der Waals surface area contributed by atoms with Crippen LogP contribution in [0.1, 0.15) is 20.3 Å². The Kier molecular flexibility index (Phi) is 5.30. The van der Waals surface area contributed by atoms with E-state index in [-0.39, 0.29) is 12.5 Å². The Hall–Kier alpha value is -1.91. The van der Waals surface area contributed by atoms with E-state index in [2.05, 4.69) is 0 Å². The van der Waals surface area contributed by atoms with Gasteiger partial charge in [-0.15, -0.1) is 0 Å². The molecule has 0 atom stereocenters. The molecule has 0 unspecified atom stereocenters. The summed E-state index contributed by atoms with van der Waals surface area (Å²) < 4.78 is 5.55. The van der Waals surface area contributed by atoms with Gasteiger partial charge in [0.05, 0.1) is 13.2 Å². The van der Waals surface area contributed by atoms with E-state index in [9.17, 15) is 4.79 Å². The molecule has 0 aliphatic heterocycles. The standard InChI is InChI=1S/C13H21N3O2/c1-3-5-18-12-7-10(14)6-11(8-12)16(4-2)9-13(15)17/h6-8H,3-5,9,14H2,1-2H3,(H2,15,17). The first kappa shape index (κ1) is 14.2. The van der Waals surface area contributed by atoms with Gasteiger partial charge >= 0.3 is 0 Å². The van der Waals surface area contributed by atoms with Gasteiger partial charge in [-0.25, -0.2) is 0 Å². The van der Waals surface area contributed by atoms with Crippen LogP contribution in [0.3, 0.4) is 0 Å². The van der Waals surface area contributed by atoms with E-state index in [1.54, 1.807) is 6.07 Å². The van der Waals surface area contributed by atoms with Crippen molar-refractivity contribution in [3.05, 3.63) is 18.2 Å². The van der Waals surface area contributed by atoms with Gasteiger partial charge in [0.2, 0.25) is 5.91 Å². The first-order valence-electron chi connectivity index (χ1n) is 6.13. The van der Waals surface area contributed by atoms with Crippen molar-refractivity contribution in [2.45, 2.75) is 20.3 Å². The summed E-state index contributed by atoms with van der Waals surface area (Å²) in [6.07, 6.45) is 0.933. The van der Waals surface area contributed by atoms with Gasteiger partial charge in [-0.2, -0.15) is 0 Å². The summed E-state index contributed by atoms with van der Waals surface area (Å²) in [6.45, 7) is 5.50. The third kappa shape index (κ3) is 4.16. The number of hydrogen-bond donors (Lipinski definition) is 2. The zero-order chi connectivity index (χ0) is 13.5. The zero-order valence-electron chi connectivity index (χ0n) is 11.0. The first-order valence-corrected chi connectivity index (χ1v) is 6.13. The number of anilines is 2. The van der Waals surface area contributed by atoms with Gasteiger partial charge < -0.3 is 21.1 Å². The van der Waals surface area contributed by atoms with Crippen molar-refractivity contribution < 1.29 is 9.53 Å². The molecule has 18 heavy (non-hydrogen) atoms. The molecule has 0 radical (unpaired) electrons. The molecule has 0 heterocycles. The summed E-state index contributed by atoms with van der Waals surface area (Å²) in [5.74, 6) is 0.352. The van der Waals surface area contributed by atoms with E-state index in [0.29, 0.717) is 18.8 Å². The highest BCUT2D eigenvalue weighted by Crippen LogP contribution is 2.25. The van der Waals surface area contributed by atoms with Crippen molar-refractivity contribution in [3.63, 3.8) is 0 Å². The molecule has 5 heteroatoms. The molecule has 0 fully saturated rings. The van der Waals surface area contributed by atoms with Gasteiger partial charge in [0.1, 0.15) is 5.75 Å². The molecule has 0 aliphatic carbocycles. The molecule has 1 aromatic rings. The van der Waals surface area contributed by atoms with Crippen LogP contribution in [0.25, 0.3) is 0 Å². The topological polar surface area (TPSA) is 81.6 Å². The third-order valence-electron chi connectivity index (χ3n) is 2.48. The number of nitrogens with zero attached hydrogens (tertiary/aromatic N) is 1. The van der Waals surface area contributed by atoms with Crippen molar-refractivity contribution in [3.8, 4) is 5.75 Å². The predicted molar refractivity (Wildman–Crippen MR) is 73.7 cm³/mol. The normalized spacial score (nSPS) is 10.1. The molecular weight excluding hydrogens is 230 g/mol. The molecule has 100 valence electrons. The summed E-state index contributed by atoms with van der Waals surface area (Å²) in [5, 5.41) is 0. The van der Waals surface area contributed by atoms with E-state index in [1.165, 1.54) is 0 Å². The number of carbonyl (C=O) groups is 1. The van der Waals surface area contributed by atoms with Gasteiger partial charge in [0, 0.05) is 30.1 Å². The van der Waals surface area contributed by atoms with Gasteiger partial charge in [-0.3, -0.25) is 4.79 Å². The number of likely N-dealkylation sites (N-methyl/N-ethyl adjacent to an activating group) is 1. The minimum atomic E-state index is -0.365. The molecule has 4 N–H and O–H groups in total. The Labute approximate surface area is 108 Å². The van der Waals surface area contributed by atoms with Crippen molar-refractivity contribution >= 4 is 17.3 Å². The molecule has 0 bridgehead atoms. The molecule has 5 nitrogen and oxygen atoms in total. The summed E-state index contributed by atoms with van der Waals surface area (Å²) >= 11 is 0. The molecule has 0 saturated heterocycles. The Morgan fingerprint density at radius 3 is 2.61 bits per heavy atom. The van der Waals surface area contributed by atoms with Crippen molar-refractivity contribution in [2.75, 3.05) is 30.3 Å². The van der Waals surface area contributed by atoms with Crippen LogP contribution in [-0.4, -0.2) is 25.6 Å². The summed E-state index contributed by atoms with van der Waals surface area (Å²) in [5.41, 5.74) is 12.5. The highest BCUT2D eigenvalue weighted by Gasteiger charge is 2.09. The Bertz CT molecular complexity index is 407. The van der Waals surface area contributed by atoms with Crippen LogP contribution < -0.4 is 21.1 Å². The molecule has 1 amide bonds. The number of rotatable bonds is 7. The number of nitrogen functional groups attached to an aromatic ring is 1. The monoisotopic (exact) mass is 251 g/mol. The van der Waals surface area contributed by atoms with Gasteiger partial charge in [0.15, 0.2) is 0 Å². The molecule has 0 spiro atoms. The molecule has 1 aromatic carbocycles. The fourth-order valence-electron chi connectivity index (χ4n) is 1.67. The predicted octanol–water partition coefficient (Wildman–Crippen LogP) is 1.37. The maximum absolute atomic E-state index is 11.0. The van der Waals surface area contributed by atoms with Gasteiger partial charge in [-0.1, -0.05) is 6.92 Å². The van der Waals surface area contributed by atoms with Crippen molar-refractivity contribution in [1.29, 1.82) is 0 Å². The largest absolute Gasteiger partial charge is 0.493 e. The Morgan fingerprint density at radius 1 is 1.33 bits per heavy atom. The number of benzene rings is 1. The summed E-state index contributed by atoms with van der Waals surface area (Å²) in [7, 11) is 0. The first-order chi connectivity index (χ1) is 8.56. The Balaban J connectivity index is 2.91. The second-order valence-corrected chi connectivity index (χ2v) is 4.09. The van der Waals surface area contributed by atoms with Crippen LogP contribution in [0.5, 0.6) is 5.75 Å². The summed E-state index contributed by atoms with van der Waals surface area (Å²) in [6, 6.07) is 5.46. The molecule has 0 aromatic heterocycles.